The topological polar surface area (TPSA) is 29.5 Å². The van der Waals surface area contributed by atoms with Crippen LogP contribution >= 0.6 is 0 Å². The molecule has 0 atom stereocenters. The van der Waals surface area contributed by atoms with E-state index in [1.54, 1.807) is 27.0 Å². The van der Waals surface area contributed by atoms with Gasteiger partial charge in [0.15, 0.2) is 0 Å². The molecule has 0 unspecified atom stereocenters. The van der Waals surface area contributed by atoms with Gasteiger partial charge in [-0.15, -0.1) is 13.2 Å². The van der Waals surface area contributed by atoms with Crippen LogP contribution < -0.4 is 4.74 Å². The molecule has 0 radical (unpaired) electrons. The summed E-state index contributed by atoms with van der Waals surface area (Å²) >= 11 is 0. The van der Waals surface area contributed by atoms with Gasteiger partial charge in [0.05, 0.1) is 0 Å². The number of benzene rings is 1. The van der Waals surface area contributed by atoms with Crippen molar-refractivity contribution in [2.75, 3.05) is 7.05 Å². The van der Waals surface area contributed by atoms with Gasteiger partial charge in [0.25, 0.3) is 0 Å². The molecule has 0 aromatic heterocycles. The Kier molecular flexibility index (Phi) is 4.80. The zero-order valence-corrected chi connectivity index (χ0v) is 11.0. The molecule has 6 heteroatoms. The zero-order valence-electron chi connectivity index (χ0n) is 11.0. The molecule has 106 valence electrons. The second kappa shape index (κ2) is 5.95. The summed E-state index contributed by atoms with van der Waals surface area (Å²) in [5, 5.41) is 0. The molecule has 19 heavy (non-hydrogen) atoms. The first-order valence-electron chi connectivity index (χ1n) is 5.79. The fourth-order valence-corrected chi connectivity index (χ4v) is 1.63. The minimum atomic E-state index is -4.74. The number of halogens is 3. The van der Waals surface area contributed by atoms with Crippen LogP contribution in [-0.4, -0.2) is 24.2 Å². The van der Waals surface area contributed by atoms with E-state index in [0.29, 0.717) is 5.56 Å². The van der Waals surface area contributed by atoms with Gasteiger partial charge < -0.3 is 9.64 Å². The van der Waals surface area contributed by atoms with E-state index in [4.69, 9.17) is 0 Å². The van der Waals surface area contributed by atoms with Gasteiger partial charge in [0, 0.05) is 25.1 Å². The summed E-state index contributed by atoms with van der Waals surface area (Å²) in [4.78, 5) is 13.1. The van der Waals surface area contributed by atoms with Crippen LogP contribution in [0.15, 0.2) is 24.3 Å². The van der Waals surface area contributed by atoms with Crippen LogP contribution in [0.2, 0.25) is 0 Å². The molecule has 0 aliphatic carbocycles. The van der Waals surface area contributed by atoms with Gasteiger partial charge in [-0.2, -0.15) is 0 Å². The molecular weight excluding hydrogens is 259 g/mol. The molecule has 0 saturated heterocycles. The third-order valence-electron chi connectivity index (χ3n) is 2.48. The lowest BCUT2D eigenvalue weighted by molar-refractivity contribution is -0.275. The average molecular weight is 275 g/mol. The van der Waals surface area contributed by atoms with Gasteiger partial charge in [-0.05, 0) is 6.07 Å². The van der Waals surface area contributed by atoms with E-state index in [9.17, 15) is 18.0 Å². The predicted octanol–water partition coefficient (Wildman–Crippen LogP) is 3.20. The summed E-state index contributed by atoms with van der Waals surface area (Å²) in [5.41, 5.74) is 0.316. The fraction of sp³-hybridized carbons (Fsp3) is 0.462. The Balaban J connectivity index is 2.87. The number of carbonyl (C=O) groups excluding carboxylic acids is 1. The number of ether oxygens (including phenoxy) is 1. The molecule has 1 amide bonds. The van der Waals surface area contributed by atoms with Gasteiger partial charge >= 0.3 is 6.36 Å². The first-order chi connectivity index (χ1) is 8.70. The highest BCUT2D eigenvalue weighted by Gasteiger charge is 2.32. The summed E-state index contributed by atoms with van der Waals surface area (Å²) in [6, 6.07) is 5.79. The SMILES string of the molecule is CC(C)C(=O)N(C)Cc1ccccc1OC(F)(F)F. The summed E-state index contributed by atoms with van der Waals surface area (Å²) in [6.45, 7) is 3.54. The van der Waals surface area contributed by atoms with Gasteiger partial charge in [0.1, 0.15) is 5.75 Å². The van der Waals surface area contributed by atoms with Gasteiger partial charge in [-0.25, -0.2) is 0 Å². The molecule has 0 fully saturated rings. The standard InChI is InChI=1S/C13H16F3NO2/c1-9(2)12(18)17(3)8-10-6-4-5-7-11(10)19-13(14,15)16/h4-7,9H,8H2,1-3H3. The number of para-hydroxylation sites is 1. The summed E-state index contributed by atoms with van der Waals surface area (Å²) in [5.74, 6) is -0.624. The highest BCUT2D eigenvalue weighted by Crippen LogP contribution is 2.27. The Morgan fingerprint density at radius 3 is 2.42 bits per heavy atom. The Bertz CT molecular complexity index is 444. The number of nitrogens with zero attached hydrogens (tertiary/aromatic N) is 1. The summed E-state index contributed by atoms with van der Waals surface area (Å²) in [7, 11) is 1.55. The van der Waals surface area contributed by atoms with Crippen LogP contribution in [0.25, 0.3) is 0 Å². The number of hydrogen-bond acceptors (Lipinski definition) is 2. The van der Waals surface area contributed by atoms with E-state index >= 15 is 0 Å². The van der Waals surface area contributed by atoms with Crippen LogP contribution in [0.4, 0.5) is 13.2 Å². The lowest BCUT2D eigenvalue weighted by Gasteiger charge is -2.21. The Hall–Kier alpha value is -1.72. The number of rotatable bonds is 4. The molecule has 1 rings (SSSR count). The highest BCUT2D eigenvalue weighted by molar-refractivity contribution is 5.77. The molecule has 0 N–H and O–H groups in total. The molecule has 0 bridgehead atoms. The molecule has 0 saturated carbocycles. The molecule has 0 aliphatic heterocycles. The lowest BCUT2D eigenvalue weighted by Crippen LogP contribution is -2.30. The molecule has 1 aromatic carbocycles. The van der Waals surface area contributed by atoms with Crippen molar-refractivity contribution >= 4 is 5.91 Å². The monoisotopic (exact) mass is 275 g/mol. The van der Waals surface area contributed by atoms with Crippen molar-refractivity contribution in [3.8, 4) is 5.75 Å². The second-order valence-corrected chi connectivity index (χ2v) is 4.50. The van der Waals surface area contributed by atoms with Gasteiger partial charge in [-0.3, -0.25) is 4.79 Å². The maximum atomic E-state index is 12.2. The van der Waals surface area contributed by atoms with Crippen LogP contribution in [0.1, 0.15) is 19.4 Å². The highest BCUT2D eigenvalue weighted by atomic mass is 19.4. The van der Waals surface area contributed by atoms with E-state index in [0.717, 1.165) is 0 Å². The van der Waals surface area contributed by atoms with E-state index in [1.165, 1.54) is 23.1 Å². The average Bonchev–Trinajstić information content (AvgIpc) is 2.28. The minimum absolute atomic E-state index is 0.0727. The van der Waals surface area contributed by atoms with Crippen molar-refractivity contribution in [2.45, 2.75) is 26.8 Å². The number of amides is 1. The van der Waals surface area contributed by atoms with Crippen molar-refractivity contribution in [2.24, 2.45) is 5.92 Å². The van der Waals surface area contributed by atoms with Crippen LogP contribution in [0.5, 0.6) is 5.75 Å². The summed E-state index contributed by atoms with van der Waals surface area (Å²) < 4.78 is 40.7. The smallest absolute Gasteiger partial charge is 0.405 e. The summed E-state index contributed by atoms with van der Waals surface area (Å²) in [6.07, 6.45) is -4.74. The van der Waals surface area contributed by atoms with Crippen LogP contribution in [0, 0.1) is 5.92 Å². The van der Waals surface area contributed by atoms with Gasteiger partial charge in [0.2, 0.25) is 5.91 Å². The van der Waals surface area contributed by atoms with E-state index in [1.807, 2.05) is 0 Å². The van der Waals surface area contributed by atoms with E-state index < -0.39 is 6.36 Å². The molecule has 3 nitrogen and oxygen atoms in total. The molecule has 0 spiro atoms. The van der Waals surface area contributed by atoms with Gasteiger partial charge in [-0.1, -0.05) is 32.0 Å². The maximum absolute atomic E-state index is 12.2. The largest absolute Gasteiger partial charge is 0.573 e. The molecule has 0 aliphatic rings. The third kappa shape index (κ3) is 4.81. The van der Waals surface area contributed by atoms with E-state index in [-0.39, 0.29) is 24.1 Å². The number of hydrogen-bond donors (Lipinski definition) is 0. The first kappa shape index (κ1) is 15.3. The predicted molar refractivity (Wildman–Crippen MR) is 64.4 cm³/mol. The number of carbonyl (C=O) groups is 1. The Morgan fingerprint density at radius 1 is 1.32 bits per heavy atom. The maximum Gasteiger partial charge on any atom is 0.573 e. The third-order valence-corrected chi connectivity index (χ3v) is 2.48. The lowest BCUT2D eigenvalue weighted by atomic mass is 10.1. The Labute approximate surface area is 110 Å². The zero-order chi connectivity index (χ0) is 14.6. The van der Waals surface area contributed by atoms with Crippen molar-refractivity contribution in [1.82, 2.24) is 4.90 Å². The van der Waals surface area contributed by atoms with Crippen LogP contribution in [0.3, 0.4) is 0 Å². The fourth-order valence-electron chi connectivity index (χ4n) is 1.63. The van der Waals surface area contributed by atoms with E-state index in [2.05, 4.69) is 4.74 Å². The van der Waals surface area contributed by atoms with Crippen molar-refractivity contribution in [3.63, 3.8) is 0 Å². The molecular formula is C13H16F3NO2. The number of alkyl halides is 3. The molecule has 1 aromatic rings. The quantitative estimate of drug-likeness (QED) is 0.844. The molecule has 0 heterocycles. The van der Waals surface area contributed by atoms with Crippen molar-refractivity contribution < 1.29 is 22.7 Å². The van der Waals surface area contributed by atoms with Crippen LogP contribution in [-0.2, 0) is 11.3 Å². The van der Waals surface area contributed by atoms with Crippen molar-refractivity contribution in [1.29, 1.82) is 0 Å². The Morgan fingerprint density at radius 2 is 1.89 bits per heavy atom. The minimum Gasteiger partial charge on any atom is -0.405 e. The first-order valence-corrected chi connectivity index (χ1v) is 5.79. The van der Waals surface area contributed by atoms with Crippen molar-refractivity contribution in [3.05, 3.63) is 29.8 Å². The second-order valence-electron chi connectivity index (χ2n) is 4.50. The normalized spacial score (nSPS) is 11.5.